The molecular formula is C24H26F2N4O3. The molecule has 2 aliphatic rings. The summed E-state index contributed by atoms with van der Waals surface area (Å²) in [5.74, 6) is -1.66. The van der Waals surface area contributed by atoms with E-state index in [-0.39, 0.29) is 18.0 Å². The fourth-order valence-corrected chi connectivity index (χ4v) is 4.67. The van der Waals surface area contributed by atoms with E-state index >= 15 is 0 Å². The highest BCUT2D eigenvalue weighted by atomic mass is 19.1. The molecule has 1 N–H and O–H groups in total. The van der Waals surface area contributed by atoms with E-state index in [2.05, 4.69) is 19.6 Å². The molecule has 0 aliphatic carbocycles. The Labute approximate surface area is 190 Å². The molecule has 5 rings (SSSR count). The Morgan fingerprint density at radius 3 is 3.03 bits per heavy atom. The Morgan fingerprint density at radius 1 is 1.30 bits per heavy atom. The monoisotopic (exact) mass is 456 g/mol. The molecule has 3 aromatic rings. The van der Waals surface area contributed by atoms with Crippen LogP contribution in [-0.4, -0.2) is 58.2 Å². The van der Waals surface area contributed by atoms with Gasteiger partial charge in [0.05, 0.1) is 24.6 Å². The van der Waals surface area contributed by atoms with Gasteiger partial charge in [0.2, 0.25) is 5.91 Å². The van der Waals surface area contributed by atoms with Crippen LogP contribution in [0.4, 0.5) is 8.78 Å². The standard InChI is InChI=1S/C24H26F2N4O3/c1-16-20(30-7-3-2-4-22(30)28-16)13-29-8-9-33-24(14-29)11-21(32-15-24)23(31)27-12-17-5-6-18(25)10-19(17)26/h2-7,10,21H,8-9,11-15H2,1H3,(H,27,31). The second-order valence-corrected chi connectivity index (χ2v) is 8.77. The van der Waals surface area contributed by atoms with Crippen LogP contribution in [0.1, 0.15) is 23.4 Å². The number of pyridine rings is 1. The van der Waals surface area contributed by atoms with Crippen LogP contribution in [0.5, 0.6) is 0 Å². The minimum atomic E-state index is -0.687. The van der Waals surface area contributed by atoms with Gasteiger partial charge in [0.15, 0.2) is 0 Å². The minimum absolute atomic E-state index is 0.0294. The van der Waals surface area contributed by atoms with Crippen molar-refractivity contribution in [3.63, 3.8) is 0 Å². The third-order valence-corrected chi connectivity index (χ3v) is 6.40. The van der Waals surface area contributed by atoms with Crippen LogP contribution >= 0.6 is 0 Å². The molecule has 2 saturated heterocycles. The smallest absolute Gasteiger partial charge is 0.249 e. The van der Waals surface area contributed by atoms with Gasteiger partial charge in [0.1, 0.15) is 29.0 Å². The number of imidazole rings is 1. The lowest BCUT2D eigenvalue weighted by atomic mass is 9.97. The van der Waals surface area contributed by atoms with Gasteiger partial charge in [0.25, 0.3) is 0 Å². The lowest BCUT2D eigenvalue weighted by Gasteiger charge is -2.39. The summed E-state index contributed by atoms with van der Waals surface area (Å²) < 4.78 is 40.9. The second kappa shape index (κ2) is 8.81. The number of aromatic nitrogens is 2. The highest BCUT2D eigenvalue weighted by Gasteiger charge is 2.47. The minimum Gasteiger partial charge on any atom is -0.370 e. The van der Waals surface area contributed by atoms with Crippen LogP contribution in [0.2, 0.25) is 0 Å². The second-order valence-electron chi connectivity index (χ2n) is 8.77. The highest BCUT2D eigenvalue weighted by Crippen LogP contribution is 2.32. The average molecular weight is 456 g/mol. The van der Waals surface area contributed by atoms with Crippen molar-refractivity contribution in [2.24, 2.45) is 0 Å². The summed E-state index contributed by atoms with van der Waals surface area (Å²) in [6, 6.07) is 9.25. The fourth-order valence-electron chi connectivity index (χ4n) is 4.67. The number of nitrogens with one attached hydrogen (secondary N) is 1. The Kier molecular flexibility index (Phi) is 5.86. The third-order valence-electron chi connectivity index (χ3n) is 6.40. The molecule has 0 radical (unpaired) electrons. The first kappa shape index (κ1) is 21.9. The topological polar surface area (TPSA) is 68.1 Å². The van der Waals surface area contributed by atoms with Crippen LogP contribution in [-0.2, 0) is 27.4 Å². The van der Waals surface area contributed by atoms with Crippen molar-refractivity contribution in [1.29, 1.82) is 0 Å². The molecule has 0 bridgehead atoms. The number of benzene rings is 1. The SMILES string of the molecule is Cc1nc2ccccn2c1CN1CCOC2(COC(C(=O)NCc3ccc(F)cc3F)C2)C1. The van der Waals surface area contributed by atoms with Gasteiger partial charge in [-0.3, -0.25) is 9.69 Å². The summed E-state index contributed by atoms with van der Waals surface area (Å²) >= 11 is 0. The Morgan fingerprint density at radius 2 is 2.18 bits per heavy atom. The molecule has 0 saturated carbocycles. The summed E-state index contributed by atoms with van der Waals surface area (Å²) in [4.78, 5) is 19.6. The normalized spacial score (nSPS) is 23.4. The Hall–Kier alpha value is -2.88. The number of nitrogens with zero attached hydrogens (tertiary/aromatic N) is 3. The number of fused-ring (bicyclic) bond motifs is 1. The van der Waals surface area contributed by atoms with Gasteiger partial charge in [-0.1, -0.05) is 12.1 Å². The average Bonchev–Trinajstić information content (AvgIpc) is 3.34. The van der Waals surface area contributed by atoms with Crippen molar-refractivity contribution >= 4 is 11.6 Å². The van der Waals surface area contributed by atoms with E-state index < -0.39 is 23.3 Å². The summed E-state index contributed by atoms with van der Waals surface area (Å²) in [6.45, 7) is 5.00. The number of rotatable bonds is 5. The largest absolute Gasteiger partial charge is 0.370 e. The lowest BCUT2D eigenvalue weighted by Crippen LogP contribution is -2.52. The van der Waals surface area contributed by atoms with Crippen LogP contribution < -0.4 is 5.32 Å². The number of hydrogen-bond acceptors (Lipinski definition) is 5. The third kappa shape index (κ3) is 4.48. The molecule has 1 amide bonds. The van der Waals surface area contributed by atoms with E-state index in [1.165, 1.54) is 12.1 Å². The van der Waals surface area contributed by atoms with E-state index in [0.29, 0.717) is 26.2 Å². The lowest BCUT2D eigenvalue weighted by molar-refractivity contribution is -0.130. The van der Waals surface area contributed by atoms with Gasteiger partial charge in [-0.25, -0.2) is 13.8 Å². The van der Waals surface area contributed by atoms with Gasteiger partial charge in [-0.2, -0.15) is 0 Å². The maximum Gasteiger partial charge on any atom is 0.249 e. The Bertz CT molecular complexity index is 1180. The molecule has 1 aromatic carbocycles. The van der Waals surface area contributed by atoms with Crippen molar-refractivity contribution < 1.29 is 23.0 Å². The molecule has 7 nitrogen and oxygen atoms in total. The molecule has 2 unspecified atom stereocenters. The van der Waals surface area contributed by atoms with Gasteiger partial charge in [0, 0.05) is 50.4 Å². The van der Waals surface area contributed by atoms with E-state index in [0.717, 1.165) is 36.2 Å². The molecular weight excluding hydrogens is 430 g/mol. The van der Waals surface area contributed by atoms with E-state index in [1.54, 1.807) is 0 Å². The number of hydrogen-bond donors (Lipinski definition) is 1. The molecule has 1 spiro atoms. The quantitative estimate of drug-likeness (QED) is 0.639. The summed E-state index contributed by atoms with van der Waals surface area (Å²) in [5, 5.41) is 2.69. The molecule has 2 atom stereocenters. The maximum absolute atomic E-state index is 13.8. The number of halogens is 2. The van der Waals surface area contributed by atoms with Gasteiger partial charge in [-0.05, 0) is 25.1 Å². The molecule has 2 fully saturated rings. The van der Waals surface area contributed by atoms with E-state index in [4.69, 9.17) is 9.47 Å². The summed E-state index contributed by atoms with van der Waals surface area (Å²) in [5.41, 5.74) is 2.72. The fraction of sp³-hybridized carbons (Fsp3) is 0.417. The predicted molar refractivity (Wildman–Crippen MR) is 116 cm³/mol. The van der Waals surface area contributed by atoms with Crippen LogP contribution in [0.25, 0.3) is 5.65 Å². The van der Waals surface area contributed by atoms with Gasteiger partial charge >= 0.3 is 0 Å². The summed E-state index contributed by atoms with van der Waals surface area (Å²) in [6.07, 6.45) is 1.77. The first-order valence-corrected chi connectivity index (χ1v) is 11.0. The molecule has 33 heavy (non-hydrogen) atoms. The first-order chi connectivity index (χ1) is 15.9. The molecule has 2 aromatic heterocycles. The van der Waals surface area contributed by atoms with Crippen molar-refractivity contribution in [3.8, 4) is 0 Å². The zero-order chi connectivity index (χ0) is 23.0. The van der Waals surface area contributed by atoms with E-state index in [9.17, 15) is 13.6 Å². The predicted octanol–water partition coefficient (Wildman–Crippen LogP) is 2.60. The van der Waals surface area contributed by atoms with Crippen LogP contribution in [0, 0.1) is 18.6 Å². The number of ether oxygens (including phenoxy) is 2. The maximum atomic E-state index is 13.8. The number of carbonyl (C=O) groups excluding carboxylic acids is 1. The Balaban J connectivity index is 1.21. The van der Waals surface area contributed by atoms with Crippen molar-refractivity contribution in [2.75, 3.05) is 26.3 Å². The number of carbonyl (C=O) groups is 1. The summed E-state index contributed by atoms with van der Waals surface area (Å²) in [7, 11) is 0. The number of amides is 1. The zero-order valence-electron chi connectivity index (χ0n) is 18.4. The van der Waals surface area contributed by atoms with Crippen molar-refractivity contribution in [1.82, 2.24) is 19.6 Å². The van der Waals surface area contributed by atoms with Crippen LogP contribution in [0.3, 0.4) is 0 Å². The molecule has 2 aliphatic heterocycles. The zero-order valence-corrected chi connectivity index (χ0v) is 18.4. The number of morpholine rings is 1. The van der Waals surface area contributed by atoms with Gasteiger partial charge < -0.3 is 19.2 Å². The first-order valence-electron chi connectivity index (χ1n) is 11.0. The number of aryl methyl sites for hydroxylation is 1. The highest BCUT2D eigenvalue weighted by molar-refractivity contribution is 5.81. The van der Waals surface area contributed by atoms with Gasteiger partial charge in [-0.15, -0.1) is 0 Å². The van der Waals surface area contributed by atoms with Crippen molar-refractivity contribution in [2.45, 2.75) is 38.1 Å². The molecule has 174 valence electrons. The van der Waals surface area contributed by atoms with E-state index in [1.807, 2.05) is 31.3 Å². The molecule has 9 heteroatoms. The van der Waals surface area contributed by atoms with Crippen LogP contribution in [0.15, 0.2) is 42.6 Å². The molecule has 4 heterocycles. The van der Waals surface area contributed by atoms with Crippen molar-refractivity contribution in [3.05, 3.63) is 71.2 Å².